The zero-order valence-corrected chi connectivity index (χ0v) is 10.9. The van der Waals surface area contributed by atoms with Gasteiger partial charge in [0.15, 0.2) is 0 Å². The summed E-state index contributed by atoms with van der Waals surface area (Å²) >= 11 is 0. The normalized spacial score (nSPS) is 19.9. The zero-order valence-electron chi connectivity index (χ0n) is 10.9. The lowest BCUT2D eigenvalue weighted by atomic mass is 10.2. The van der Waals surface area contributed by atoms with E-state index in [1.54, 1.807) is 12.3 Å². The van der Waals surface area contributed by atoms with Crippen LogP contribution in [0.5, 0.6) is 5.88 Å². The molecule has 1 fully saturated rings. The van der Waals surface area contributed by atoms with Gasteiger partial charge >= 0.3 is 0 Å². The molecule has 0 bridgehead atoms. The Bertz CT molecular complexity index is 373. The van der Waals surface area contributed by atoms with E-state index < -0.39 is 0 Å². The minimum atomic E-state index is 0.264. The number of anilines is 1. The highest BCUT2D eigenvalue weighted by atomic mass is 16.5. The third-order valence-electron chi connectivity index (χ3n) is 2.83. The molecule has 0 radical (unpaired) electrons. The van der Waals surface area contributed by atoms with E-state index in [-0.39, 0.29) is 6.04 Å². The highest BCUT2D eigenvalue weighted by molar-refractivity contribution is 5.34. The van der Waals surface area contributed by atoms with Crippen molar-refractivity contribution < 1.29 is 9.47 Å². The molecule has 1 atom stereocenters. The van der Waals surface area contributed by atoms with Crippen LogP contribution in [0.25, 0.3) is 0 Å². The summed E-state index contributed by atoms with van der Waals surface area (Å²) in [4.78, 5) is 10.9. The van der Waals surface area contributed by atoms with Crippen LogP contribution >= 0.6 is 0 Å². The number of likely N-dealkylation sites (N-methyl/N-ethyl adjacent to an activating group) is 1. The van der Waals surface area contributed by atoms with Crippen molar-refractivity contribution in [2.45, 2.75) is 13.0 Å². The Morgan fingerprint density at radius 3 is 3.28 bits per heavy atom. The standard InChI is InChI=1S/C12H20N4O2/c1-3-18-11-4-5-14-12(15-11)16-6-7-17-9-10(16)8-13-2/h4-5,10,13H,3,6-9H2,1-2H3. The average molecular weight is 252 g/mol. The smallest absolute Gasteiger partial charge is 0.229 e. The fourth-order valence-electron chi connectivity index (χ4n) is 2.02. The summed E-state index contributed by atoms with van der Waals surface area (Å²) in [5.74, 6) is 1.33. The Labute approximate surface area is 107 Å². The van der Waals surface area contributed by atoms with Crippen molar-refractivity contribution in [2.75, 3.05) is 44.9 Å². The Balaban J connectivity index is 2.14. The third kappa shape index (κ3) is 3.08. The lowest BCUT2D eigenvalue weighted by Crippen LogP contribution is -2.50. The summed E-state index contributed by atoms with van der Waals surface area (Å²) in [5.41, 5.74) is 0. The van der Waals surface area contributed by atoms with Crippen LogP contribution in [0.1, 0.15) is 6.92 Å². The predicted molar refractivity (Wildman–Crippen MR) is 69.1 cm³/mol. The molecule has 1 N–H and O–H groups in total. The molecule has 1 aromatic heterocycles. The highest BCUT2D eigenvalue weighted by Crippen LogP contribution is 2.17. The molecule has 2 heterocycles. The van der Waals surface area contributed by atoms with Crippen LogP contribution in [0.2, 0.25) is 0 Å². The Hall–Kier alpha value is -1.40. The van der Waals surface area contributed by atoms with E-state index in [9.17, 15) is 0 Å². The molecule has 1 unspecified atom stereocenters. The Morgan fingerprint density at radius 2 is 2.50 bits per heavy atom. The van der Waals surface area contributed by atoms with Gasteiger partial charge in [-0.2, -0.15) is 4.98 Å². The first-order valence-electron chi connectivity index (χ1n) is 6.30. The molecule has 1 aliphatic rings. The number of morpholine rings is 1. The summed E-state index contributed by atoms with van der Waals surface area (Å²) in [6, 6.07) is 2.04. The number of rotatable bonds is 5. The van der Waals surface area contributed by atoms with E-state index in [1.807, 2.05) is 14.0 Å². The number of aromatic nitrogens is 2. The molecule has 1 aliphatic heterocycles. The lowest BCUT2D eigenvalue weighted by Gasteiger charge is -2.35. The van der Waals surface area contributed by atoms with Crippen molar-refractivity contribution >= 4 is 5.95 Å². The maximum Gasteiger partial charge on any atom is 0.229 e. The van der Waals surface area contributed by atoms with E-state index >= 15 is 0 Å². The SMILES string of the molecule is CCOc1ccnc(N2CCOCC2CNC)n1. The quantitative estimate of drug-likeness (QED) is 0.813. The van der Waals surface area contributed by atoms with E-state index in [0.717, 1.165) is 13.1 Å². The minimum Gasteiger partial charge on any atom is -0.478 e. The van der Waals surface area contributed by atoms with Crippen LogP contribution < -0.4 is 15.0 Å². The van der Waals surface area contributed by atoms with E-state index in [2.05, 4.69) is 20.2 Å². The van der Waals surface area contributed by atoms with Crippen molar-refractivity contribution in [1.29, 1.82) is 0 Å². The average Bonchev–Trinajstić information content (AvgIpc) is 2.40. The topological polar surface area (TPSA) is 59.5 Å². The molecule has 0 spiro atoms. The van der Waals surface area contributed by atoms with Gasteiger partial charge in [0.1, 0.15) is 0 Å². The molecule has 0 amide bonds. The first kappa shape index (κ1) is 13.0. The maximum absolute atomic E-state index is 5.50. The van der Waals surface area contributed by atoms with Crippen LogP contribution in [0.15, 0.2) is 12.3 Å². The molecular weight excluding hydrogens is 232 g/mol. The number of nitrogens with one attached hydrogen (secondary N) is 1. The molecule has 2 rings (SSSR count). The second-order valence-corrected chi connectivity index (χ2v) is 4.11. The van der Waals surface area contributed by atoms with Gasteiger partial charge in [0.25, 0.3) is 0 Å². The van der Waals surface area contributed by atoms with Crippen LogP contribution in [-0.4, -0.2) is 56.0 Å². The van der Waals surface area contributed by atoms with Crippen LogP contribution in [0.3, 0.4) is 0 Å². The summed E-state index contributed by atoms with van der Waals surface area (Å²) < 4.78 is 10.9. The predicted octanol–water partition coefficient (Wildman–Crippen LogP) is 0.300. The fourth-order valence-corrected chi connectivity index (χ4v) is 2.02. The molecule has 100 valence electrons. The van der Waals surface area contributed by atoms with Gasteiger partial charge in [0.05, 0.1) is 25.9 Å². The third-order valence-corrected chi connectivity index (χ3v) is 2.83. The van der Waals surface area contributed by atoms with Gasteiger partial charge in [-0.25, -0.2) is 4.98 Å². The molecule has 1 saturated heterocycles. The van der Waals surface area contributed by atoms with Crippen molar-refractivity contribution in [2.24, 2.45) is 0 Å². The molecule has 6 nitrogen and oxygen atoms in total. The zero-order chi connectivity index (χ0) is 12.8. The fraction of sp³-hybridized carbons (Fsp3) is 0.667. The summed E-state index contributed by atoms with van der Waals surface area (Å²) in [6.45, 7) is 5.62. The monoisotopic (exact) mass is 252 g/mol. The van der Waals surface area contributed by atoms with E-state index in [0.29, 0.717) is 31.6 Å². The van der Waals surface area contributed by atoms with Gasteiger partial charge < -0.3 is 19.7 Å². The van der Waals surface area contributed by atoms with Gasteiger partial charge in [-0.1, -0.05) is 0 Å². The molecule has 6 heteroatoms. The number of nitrogens with zero attached hydrogens (tertiary/aromatic N) is 3. The molecule has 0 saturated carbocycles. The summed E-state index contributed by atoms with van der Waals surface area (Å²) in [5, 5.41) is 3.17. The van der Waals surface area contributed by atoms with Crippen LogP contribution in [0.4, 0.5) is 5.95 Å². The number of hydrogen-bond donors (Lipinski definition) is 1. The Morgan fingerprint density at radius 1 is 1.61 bits per heavy atom. The van der Waals surface area contributed by atoms with E-state index in [4.69, 9.17) is 9.47 Å². The number of ether oxygens (including phenoxy) is 2. The largest absolute Gasteiger partial charge is 0.478 e. The Kier molecular flexibility index (Phi) is 4.72. The first-order valence-corrected chi connectivity index (χ1v) is 6.30. The van der Waals surface area contributed by atoms with Crippen molar-refractivity contribution in [3.8, 4) is 5.88 Å². The second kappa shape index (κ2) is 6.51. The van der Waals surface area contributed by atoms with Crippen molar-refractivity contribution in [3.63, 3.8) is 0 Å². The molecular formula is C12H20N4O2. The summed E-state index contributed by atoms with van der Waals surface area (Å²) in [7, 11) is 1.93. The van der Waals surface area contributed by atoms with Crippen molar-refractivity contribution in [3.05, 3.63) is 12.3 Å². The maximum atomic E-state index is 5.50. The number of hydrogen-bond acceptors (Lipinski definition) is 6. The minimum absolute atomic E-state index is 0.264. The van der Waals surface area contributed by atoms with Crippen LogP contribution in [0, 0.1) is 0 Å². The molecule has 0 aliphatic carbocycles. The van der Waals surface area contributed by atoms with Crippen LogP contribution in [-0.2, 0) is 4.74 Å². The van der Waals surface area contributed by atoms with Gasteiger partial charge in [0, 0.05) is 25.4 Å². The van der Waals surface area contributed by atoms with Gasteiger partial charge in [-0.05, 0) is 14.0 Å². The van der Waals surface area contributed by atoms with Crippen molar-refractivity contribution in [1.82, 2.24) is 15.3 Å². The second-order valence-electron chi connectivity index (χ2n) is 4.11. The molecule has 0 aromatic carbocycles. The molecule has 1 aromatic rings. The summed E-state index contributed by atoms with van der Waals surface area (Å²) in [6.07, 6.45) is 1.74. The highest BCUT2D eigenvalue weighted by Gasteiger charge is 2.24. The van der Waals surface area contributed by atoms with Gasteiger partial charge in [-0.3, -0.25) is 0 Å². The molecule has 18 heavy (non-hydrogen) atoms. The lowest BCUT2D eigenvalue weighted by molar-refractivity contribution is 0.0933. The van der Waals surface area contributed by atoms with Gasteiger partial charge in [-0.15, -0.1) is 0 Å². The first-order chi connectivity index (χ1) is 8.85. The van der Waals surface area contributed by atoms with Gasteiger partial charge in [0.2, 0.25) is 11.8 Å². The van der Waals surface area contributed by atoms with E-state index in [1.165, 1.54) is 0 Å².